The maximum absolute atomic E-state index is 13.3. The van der Waals surface area contributed by atoms with E-state index in [0.29, 0.717) is 24.3 Å². The fraction of sp³-hybridized carbons (Fsp3) is 0.300. The number of nitrogens with zero attached hydrogens (tertiary/aromatic N) is 1. The number of carbonyl (C=O) groups excluding carboxylic acids is 2. The van der Waals surface area contributed by atoms with Gasteiger partial charge in [-0.3, -0.25) is 9.59 Å². The second-order valence-electron chi connectivity index (χ2n) is 6.42. The Morgan fingerprint density at radius 2 is 2.08 bits per heavy atom. The molecule has 5 nitrogen and oxygen atoms in total. The molecule has 1 aliphatic heterocycles. The van der Waals surface area contributed by atoms with Crippen molar-refractivity contribution in [1.29, 1.82) is 0 Å². The molecule has 2 aliphatic rings. The van der Waals surface area contributed by atoms with Crippen molar-refractivity contribution in [3.63, 3.8) is 0 Å². The van der Waals surface area contributed by atoms with Gasteiger partial charge in [-0.15, -0.1) is 0 Å². The minimum absolute atomic E-state index is 0.0518. The zero-order valence-corrected chi connectivity index (χ0v) is 14.1. The predicted molar refractivity (Wildman–Crippen MR) is 95.2 cm³/mol. The first-order valence-corrected chi connectivity index (χ1v) is 8.54. The number of aryl methyl sites for hydroxylation is 1. The van der Waals surface area contributed by atoms with Crippen LogP contribution in [0.4, 0.5) is 5.69 Å². The Labute approximate surface area is 146 Å². The van der Waals surface area contributed by atoms with Crippen LogP contribution in [0.5, 0.6) is 5.75 Å². The molecule has 1 aliphatic carbocycles. The maximum atomic E-state index is 13.3. The standard InChI is InChI=1S/C20H20N2O3/c1-25-14-8-6-13-7-9-15(17(13)12-14)20(24)22-11-10-21-19(23)16-4-2-3-5-18(16)22/h2-6,8,12,15H,7,9-11H2,1H3,(H,21,23). The number of carbonyl (C=O) groups is 2. The van der Waals surface area contributed by atoms with Gasteiger partial charge in [0.05, 0.1) is 24.3 Å². The van der Waals surface area contributed by atoms with Gasteiger partial charge in [0.1, 0.15) is 5.75 Å². The van der Waals surface area contributed by atoms with E-state index in [9.17, 15) is 9.59 Å². The van der Waals surface area contributed by atoms with E-state index in [1.165, 1.54) is 5.56 Å². The number of benzene rings is 2. The number of amides is 2. The molecule has 25 heavy (non-hydrogen) atoms. The van der Waals surface area contributed by atoms with Crippen LogP contribution in [0.25, 0.3) is 0 Å². The van der Waals surface area contributed by atoms with Crippen LogP contribution >= 0.6 is 0 Å². The molecule has 5 heteroatoms. The molecular formula is C20H20N2O3. The average molecular weight is 336 g/mol. The van der Waals surface area contributed by atoms with E-state index in [1.54, 1.807) is 18.1 Å². The number of anilines is 1. The third-order valence-electron chi connectivity index (χ3n) is 5.06. The highest BCUT2D eigenvalue weighted by Crippen LogP contribution is 2.38. The maximum Gasteiger partial charge on any atom is 0.253 e. The predicted octanol–water partition coefficient (Wildman–Crippen LogP) is 2.50. The zero-order chi connectivity index (χ0) is 17.4. The summed E-state index contributed by atoms with van der Waals surface area (Å²) < 4.78 is 5.32. The Balaban J connectivity index is 1.71. The van der Waals surface area contributed by atoms with Crippen LogP contribution < -0.4 is 15.0 Å². The van der Waals surface area contributed by atoms with E-state index in [4.69, 9.17) is 4.74 Å². The highest BCUT2D eigenvalue weighted by Gasteiger charge is 2.34. The monoisotopic (exact) mass is 336 g/mol. The van der Waals surface area contributed by atoms with Gasteiger partial charge in [0.2, 0.25) is 5.91 Å². The molecule has 4 rings (SSSR count). The molecular weight excluding hydrogens is 316 g/mol. The van der Waals surface area contributed by atoms with Crippen molar-refractivity contribution < 1.29 is 14.3 Å². The Hall–Kier alpha value is -2.82. The van der Waals surface area contributed by atoms with Crippen LogP contribution in [-0.4, -0.2) is 32.0 Å². The first-order chi connectivity index (χ1) is 12.2. The second-order valence-corrected chi connectivity index (χ2v) is 6.42. The topological polar surface area (TPSA) is 58.6 Å². The van der Waals surface area contributed by atoms with E-state index >= 15 is 0 Å². The lowest BCUT2D eigenvalue weighted by atomic mass is 9.98. The molecule has 1 heterocycles. The van der Waals surface area contributed by atoms with Crippen molar-refractivity contribution in [3.05, 3.63) is 59.2 Å². The molecule has 0 radical (unpaired) electrons. The van der Waals surface area contributed by atoms with Crippen LogP contribution in [0.2, 0.25) is 0 Å². The van der Waals surface area contributed by atoms with E-state index in [1.807, 2.05) is 36.4 Å². The molecule has 0 saturated carbocycles. The first-order valence-electron chi connectivity index (χ1n) is 8.54. The Bertz CT molecular complexity index is 847. The van der Waals surface area contributed by atoms with Gasteiger partial charge in [0.25, 0.3) is 5.91 Å². The summed E-state index contributed by atoms with van der Waals surface area (Å²) in [4.78, 5) is 27.3. The highest BCUT2D eigenvalue weighted by molar-refractivity contribution is 6.07. The number of ether oxygens (including phenoxy) is 1. The van der Waals surface area contributed by atoms with Gasteiger partial charge in [-0.1, -0.05) is 18.2 Å². The molecule has 1 N–H and O–H groups in total. The van der Waals surface area contributed by atoms with Gasteiger partial charge in [0.15, 0.2) is 0 Å². The molecule has 2 aromatic rings. The van der Waals surface area contributed by atoms with Gasteiger partial charge in [-0.05, 0) is 48.2 Å². The number of nitrogens with one attached hydrogen (secondary N) is 1. The lowest BCUT2D eigenvalue weighted by Crippen LogP contribution is -2.37. The van der Waals surface area contributed by atoms with E-state index in [2.05, 4.69) is 5.32 Å². The zero-order valence-electron chi connectivity index (χ0n) is 14.1. The van der Waals surface area contributed by atoms with Gasteiger partial charge in [0, 0.05) is 13.1 Å². The molecule has 0 aromatic heterocycles. The van der Waals surface area contributed by atoms with Gasteiger partial charge in [-0.2, -0.15) is 0 Å². The Morgan fingerprint density at radius 3 is 2.92 bits per heavy atom. The number of fused-ring (bicyclic) bond motifs is 2. The summed E-state index contributed by atoms with van der Waals surface area (Å²) in [6, 6.07) is 13.3. The number of hydrogen-bond donors (Lipinski definition) is 1. The molecule has 0 saturated heterocycles. The summed E-state index contributed by atoms with van der Waals surface area (Å²) in [6.07, 6.45) is 1.68. The molecule has 0 fully saturated rings. The van der Waals surface area contributed by atoms with Gasteiger partial charge < -0.3 is 15.0 Å². The van der Waals surface area contributed by atoms with Crippen molar-refractivity contribution in [2.75, 3.05) is 25.1 Å². The summed E-state index contributed by atoms with van der Waals surface area (Å²) in [5.41, 5.74) is 3.50. The molecule has 2 aromatic carbocycles. The van der Waals surface area contributed by atoms with Crippen LogP contribution in [0.3, 0.4) is 0 Å². The third kappa shape index (κ3) is 2.65. The molecule has 1 atom stereocenters. The number of hydrogen-bond acceptors (Lipinski definition) is 3. The molecule has 2 amide bonds. The highest BCUT2D eigenvalue weighted by atomic mass is 16.5. The van der Waals surface area contributed by atoms with Crippen molar-refractivity contribution in [2.24, 2.45) is 0 Å². The largest absolute Gasteiger partial charge is 0.497 e. The summed E-state index contributed by atoms with van der Waals surface area (Å²) in [5, 5.41) is 2.86. The minimum atomic E-state index is -0.189. The quantitative estimate of drug-likeness (QED) is 0.917. The van der Waals surface area contributed by atoms with Crippen LogP contribution in [-0.2, 0) is 11.2 Å². The Kier molecular flexibility index (Phi) is 3.92. The van der Waals surface area contributed by atoms with E-state index in [-0.39, 0.29) is 17.7 Å². The van der Waals surface area contributed by atoms with Gasteiger partial charge in [-0.25, -0.2) is 0 Å². The first kappa shape index (κ1) is 15.7. The number of para-hydroxylation sites is 1. The van der Waals surface area contributed by atoms with Crippen molar-refractivity contribution in [1.82, 2.24) is 5.32 Å². The van der Waals surface area contributed by atoms with Crippen LogP contribution in [0, 0.1) is 0 Å². The molecule has 128 valence electrons. The lowest BCUT2D eigenvalue weighted by molar-refractivity contribution is -0.120. The van der Waals surface area contributed by atoms with E-state index < -0.39 is 0 Å². The average Bonchev–Trinajstić information content (AvgIpc) is 2.99. The summed E-state index contributed by atoms with van der Waals surface area (Å²) in [7, 11) is 1.63. The molecule has 1 unspecified atom stereocenters. The molecule has 0 spiro atoms. The fourth-order valence-electron chi connectivity index (χ4n) is 3.78. The normalized spacial score (nSPS) is 18.8. The third-order valence-corrected chi connectivity index (χ3v) is 5.06. The SMILES string of the molecule is COc1ccc2c(c1)C(C(=O)N1CCNC(=O)c3ccccc31)CC2. The van der Waals surface area contributed by atoms with E-state index in [0.717, 1.165) is 24.2 Å². The minimum Gasteiger partial charge on any atom is -0.497 e. The van der Waals surface area contributed by atoms with Crippen molar-refractivity contribution in [3.8, 4) is 5.75 Å². The van der Waals surface area contributed by atoms with Crippen molar-refractivity contribution in [2.45, 2.75) is 18.8 Å². The summed E-state index contributed by atoms with van der Waals surface area (Å²) >= 11 is 0. The molecule has 0 bridgehead atoms. The number of methoxy groups -OCH3 is 1. The Morgan fingerprint density at radius 1 is 1.24 bits per heavy atom. The summed E-state index contributed by atoms with van der Waals surface area (Å²) in [6.45, 7) is 0.939. The fourth-order valence-corrected chi connectivity index (χ4v) is 3.78. The lowest BCUT2D eigenvalue weighted by Gasteiger charge is -2.25. The van der Waals surface area contributed by atoms with Crippen molar-refractivity contribution >= 4 is 17.5 Å². The summed E-state index contributed by atoms with van der Waals surface area (Å²) in [5.74, 6) is 0.508. The van der Waals surface area contributed by atoms with Crippen LogP contribution in [0.15, 0.2) is 42.5 Å². The smallest absolute Gasteiger partial charge is 0.253 e. The van der Waals surface area contributed by atoms with Crippen LogP contribution in [0.1, 0.15) is 33.8 Å². The second kappa shape index (κ2) is 6.24. The number of rotatable bonds is 2. The van der Waals surface area contributed by atoms with Gasteiger partial charge >= 0.3 is 0 Å².